The molecule has 0 saturated carbocycles. The summed E-state index contributed by atoms with van der Waals surface area (Å²) < 4.78 is -0.884. The van der Waals surface area contributed by atoms with Crippen molar-refractivity contribution in [1.29, 1.82) is 0 Å². The van der Waals surface area contributed by atoms with Crippen molar-refractivity contribution in [3.63, 3.8) is 0 Å². The molecular formula is C3H3BrClIO. The molecule has 0 fully saturated rings. The minimum absolute atomic E-state index is 0.0882. The van der Waals surface area contributed by atoms with Crippen LogP contribution in [0.4, 0.5) is 0 Å². The molecule has 0 aliphatic carbocycles. The van der Waals surface area contributed by atoms with Gasteiger partial charge in [-0.15, -0.1) is 0 Å². The third-order valence-corrected chi connectivity index (χ3v) is 1.98. The number of ketones is 1. The van der Waals surface area contributed by atoms with E-state index in [2.05, 4.69) is 15.9 Å². The molecule has 0 amide bonds. The van der Waals surface area contributed by atoms with Crippen LogP contribution in [0.3, 0.4) is 0 Å². The summed E-state index contributed by atoms with van der Waals surface area (Å²) in [6.07, 6.45) is 0. The van der Waals surface area contributed by atoms with Gasteiger partial charge in [0.05, 0.1) is 0 Å². The third kappa shape index (κ3) is 3.73. The van der Waals surface area contributed by atoms with Gasteiger partial charge in [-0.3, -0.25) is 4.79 Å². The quantitative estimate of drug-likeness (QED) is 0.536. The highest BCUT2D eigenvalue weighted by Crippen LogP contribution is 2.32. The van der Waals surface area contributed by atoms with E-state index in [4.69, 9.17) is 11.6 Å². The maximum absolute atomic E-state index is 10.3. The Morgan fingerprint density at radius 3 is 2.14 bits per heavy atom. The highest BCUT2D eigenvalue weighted by molar-refractivity contribution is 14.1. The Bertz CT molecular complexity index is 87.4. The van der Waals surface area contributed by atoms with Crippen LogP contribution in [0, 0.1) is 0 Å². The van der Waals surface area contributed by atoms with Crippen molar-refractivity contribution in [3.8, 4) is 0 Å². The minimum Gasteiger partial charge on any atom is -0.296 e. The van der Waals surface area contributed by atoms with Crippen LogP contribution in [-0.4, -0.2) is 7.57 Å². The van der Waals surface area contributed by atoms with Gasteiger partial charge >= 0.3 is 0 Å². The number of hydrogen-bond acceptors (Lipinski definition) is 1. The Balaban J connectivity index is 3.79. The van der Waals surface area contributed by atoms with Crippen LogP contribution in [-0.2, 0) is 4.79 Å². The van der Waals surface area contributed by atoms with Crippen LogP contribution in [0.1, 0.15) is 6.92 Å². The zero-order chi connectivity index (χ0) is 6.08. The highest BCUT2D eigenvalue weighted by Gasteiger charge is 2.23. The van der Waals surface area contributed by atoms with Crippen LogP contribution < -0.4 is 0 Å². The van der Waals surface area contributed by atoms with Crippen molar-refractivity contribution in [2.24, 2.45) is 0 Å². The fourth-order valence-electron chi connectivity index (χ4n) is 0. The molecule has 1 nitrogen and oxygen atoms in total. The molecule has 0 aliphatic rings. The van der Waals surface area contributed by atoms with Crippen LogP contribution in [0.15, 0.2) is 0 Å². The maximum atomic E-state index is 10.3. The van der Waals surface area contributed by atoms with Gasteiger partial charge in [-0.1, -0.05) is 11.6 Å². The number of Topliss-reactive ketones (excluding diaryl/α,β-unsaturated/α-hetero) is 1. The first-order chi connectivity index (χ1) is 2.94. The molecule has 0 heterocycles. The Labute approximate surface area is 69.1 Å². The molecule has 0 bridgehead atoms. The number of halogens is 3. The van der Waals surface area contributed by atoms with Gasteiger partial charge in [0.25, 0.3) is 0 Å². The zero-order valence-corrected chi connectivity index (χ0v) is 8.04. The third-order valence-electron chi connectivity index (χ3n) is 0.399. The predicted molar refractivity (Wildman–Crippen MR) is 42.2 cm³/mol. The summed E-state index contributed by atoms with van der Waals surface area (Å²) >= 11 is 10.2. The lowest BCUT2D eigenvalue weighted by molar-refractivity contribution is -0.115. The summed E-state index contributed by atoms with van der Waals surface area (Å²) in [7, 11) is 0. The van der Waals surface area contributed by atoms with E-state index in [0.29, 0.717) is 0 Å². The summed E-state index contributed by atoms with van der Waals surface area (Å²) in [5, 5.41) is 0. The number of hydrogen-bond donors (Lipinski definition) is 0. The molecule has 42 valence electrons. The topological polar surface area (TPSA) is 17.1 Å². The normalized spacial score (nSPS) is 18.3. The van der Waals surface area contributed by atoms with Gasteiger partial charge in [-0.05, 0) is 45.4 Å². The molecule has 0 aromatic heterocycles. The van der Waals surface area contributed by atoms with Gasteiger partial charge in [-0.2, -0.15) is 0 Å². The largest absolute Gasteiger partial charge is 0.296 e. The molecule has 0 saturated heterocycles. The average Bonchev–Trinajstić information content (AvgIpc) is 1.31. The summed E-state index contributed by atoms with van der Waals surface area (Å²) in [5.74, 6) is -0.0882. The van der Waals surface area contributed by atoms with Gasteiger partial charge in [0.2, 0.25) is 1.79 Å². The molecular weight excluding hydrogens is 294 g/mol. The van der Waals surface area contributed by atoms with Gasteiger partial charge < -0.3 is 0 Å². The first-order valence-corrected chi connectivity index (χ1v) is 3.77. The van der Waals surface area contributed by atoms with Gasteiger partial charge in [0.1, 0.15) is 0 Å². The van der Waals surface area contributed by atoms with Crippen molar-refractivity contribution in [2.75, 3.05) is 0 Å². The summed E-state index contributed by atoms with van der Waals surface area (Å²) in [6, 6.07) is 0. The van der Waals surface area contributed by atoms with Crippen LogP contribution in [0.2, 0.25) is 0 Å². The van der Waals surface area contributed by atoms with Gasteiger partial charge in [-0.25, -0.2) is 0 Å². The molecule has 4 heteroatoms. The molecule has 1 unspecified atom stereocenters. The minimum atomic E-state index is -0.884. The molecule has 0 rings (SSSR count). The van der Waals surface area contributed by atoms with Crippen LogP contribution in [0.25, 0.3) is 0 Å². The monoisotopic (exact) mass is 296 g/mol. The van der Waals surface area contributed by atoms with Crippen molar-refractivity contribution in [2.45, 2.75) is 8.71 Å². The van der Waals surface area contributed by atoms with E-state index >= 15 is 0 Å². The molecule has 0 N–H and O–H groups in total. The van der Waals surface area contributed by atoms with Gasteiger partial charge in [0.15, 0.2) is 5.78 Å². The van der Waals surface area contributed by atoms with E-state index < -0.39 is 1.79 Å². The fraction of sp³-hybridized carbons (Fsp3) is 0.667. The molecule has 0 spiro atoms. The number of rotatable bonds is 1. The zero-order valence-electron chi connectivity index (χ0n) is 3.54. The number of carbonyl (C=O) groups is 1. The molecule has 7 heavy (non-hydrogen) atoms. The SMILES string of the molecule is CC(=O)C(Cl)(Br)I. The summed E-state index contributed by atoms with van der Waals surface area (Å²) in [6.45, 7) is 1.42. The van der Waals surface area contributed by atoms with Crippen LogP contribution >= 0.6 is 50.1 Å². The second-order valence-electron chi connectivity index (χ2n) is 1.05. The molecule has 0 aromatic carbocycles. The molecule has 1 atom stereocenters. The lowest BCUT2D eigenvalue weighted by Gasteiger charge is -2.02. The van der Waals surface area contributed by atoms with E-state index in [1.54, 1.807) is 22.6 Å². The van der Waals surface area contributed by atoms with Gasteiger partial charge in [0, 0.05) is 0 Å². The van der Waals surface area contributed by atoms with E-state index in [1.807, 2.05) is 0 Å². The second-order valence-corrected chi connectivity index (χ2v) is 7.01. The van der Waals surface area contributed by atoms with Crippen LogP contribution in [0.5, 0.6) is 0 Å². The Hall–Kier alpha value is 1.17. The smallest absolute Gasteiger partial charge is 0.207 e. The first kappa shape index (κ1) is 8.17. The highest BCUT2D eigenvalue weighted by atomic mass is 127. The van der Waals surface area contributed by atoms with Crippen molar-refractivity contribution in [3.05, 3.63) is 0 Å². The van der Waals surface area contributed by atoms with E-state index in [-0.39, 0.29) is 5.78 Å². The standard InChI is InChI=1S/C3H3BrClIO/c1-2(7)3(4,5)6/h1H3. The van der Waals surface area contributed by atoms with E-state index in [9.17, 15) is 4.79 Å². The molecule has 0 radical (unpaired) electrons. The van der Waals surface area contributed by atoms with Crippen molar-refractivity contribution >= 4 is 55.9 Å². The lowest BCUT2D eigenvalue weighted by Crippen LogP contribution is -2.11. The van der Waals surface area contributed by atoms with E-state index in [0.717, 1.165) is 0 Å². The predicted octanol–water partition coefficient (Wildman–Crippen LogP) is 2.30. The number of carbonyl (C=O) groups excluding carboxylic acids is 1. The van der Waals surface area contributed by atoms with E-state index in [1.165, 1.54) is 6.92 Å². The first-order valence-electron chi connectivity index (χ1n) is 1.52. The molecule has 0 aliphatic heterocycles. The van der Waals surface area contributed by atoms with Crippen molar-refractivity contribution < 1.29 is 4.79 Å². The lowest BCUT2D eigenvalue weighted by atomic mass is 10.5. The Morgan fingerprint density at radius 2 is 2.14 bits per heavy atom. The fourth-order valence-corrected chi connectivity index (χ4v) is 0. The van der Waals surface area contributed by atoms with Crippen molar-refractivity contribution in [1.82, 2.24) is 0 Å². The maximum Gasteiger partial charge on any atom is 0.207 e. The molecule has 0 aromatic rings. The Morgan fingerprint density at radius 1 is 2.00 bits per heavy atom. The number of alkyl halides is 3. The second kappa shape index (κ2) is 2.64. The average molecular weight is 297 g/mol. The summed E-state index contributed by atoms with van der Waals surface area (Å²) in [4.78, 5) is 10.3. The Kier molecular flexibility index (Phi) is 3.08. The summed E-state index contributed by atoms with van der Waals surface area (Å²) in [5.41, 5.74) is 0.